The molecule has 2 heterocycles. The van der Waals surface area contributed by atoms with Crippen molar-refractivity contribution in [1.82, 2.24) is 13.9 Å². The van der Waals surface area contributed by atoms with Crippen LogP contribution in [-0.4, -0.2) is 35.9 Å². The fraction of sp³-hybridized carbons (Fsp3) is 0.471. The summed E-state index contributed by atoms with van der Waals surface area (Å²) in [5.74, 6) is 0.750. The fourth-order valence-corrected chi connectivity index (χ4v) is 5.28. The molecule has 0 saturated carbocycles. The molecular weight excluding hydrogens is 362 g/mol. The third kappa shape index (κ3) is 3.54. The first-order chi connectivity index (χ1) is 11.9. The van der Waals surface area contributed by atoms with Crippen molar-refractivity contribution < 1.29 is 13.2 Å². The summed E-state index contributed by atoms with van der Waals surface area (Å²) in [5, 5.41) is 0.0646. The molecule has 1 saturated heterocycles. The van der Waals surface area contributed by atoms with Crippen molar-refractivity contribution in [3.8, 4) is 5.75 Å². The van der Waals surface area contributed by atoms with Crippen molar-refractivity contribution in [2.24, 2.45) is 7.05 Å². The molecule has 1 aliphatic rings. The molecule has 0 spiro atoms. The first-order valence-corrected chi connectivity index (χ1v) is 10.1. The number of aromatic nitrogens is 2. The van der Waals surface area contributed by atoms with Crippen LogP contribution >= 0.6 is 11.6 Å². The number of nitrogens with zero attached hydrogens (tertiary/aromatic N) is 3. The maximum atomic E-state index is 13.2. The van der Waals surface area contributed by atoms with Crippen molar-refractivity contribution in [2.75, 3.05) is 13.7 Å². The van der Waals surface area contributed by atoms with Gasteiger partial charge in [-0.2, -0.15) is 4.31 Å². The highest BCUT2D eigenvalue weighted by atomic mass is 35.5. The molecule has 1 aliphatic heterocycles. The van der Waals surface area contributed by atoms with Gasteiger partial charge in [0.1, 0.15) is 10.9 Å². The number of imidazole rings is 1. The Balaban J connectivity index is 2.01. The summed E-state index contributed by atoms with van der Waals surface area (Å²) in [6.45, 7) is 0.464. The Hall–Kier alpha value is -1.57. The largest absolute Gasteiger partial charge is 0.497 e. The second-order valence-electron chi connectivity index (χ2n) is 6.21. The van der Waals surface area contributed by atoms with E-state index in [9.17, 15) is 8.42 Å². The van der Waals surface area contributed by atoms with E-state index in [1.165, 1.54) is 10.9 Å². The number of hydrogen-bond acceptors (Lipinski definition) is 4. The topological polar surface area (TPSA) is 64.4 Å². The molecular formula is C17H22ClN3O3S. The molecule has 1 aromatic carbocycles. The standard InChI is InChI=1S/C17H22ClN3O3S/c1-20-12-19-17(16(20)18)25(22,23)21-11-5-3-4-6-15(21)13-7-9-14(24-2)10-8-13/h7-10,12,15H,3-6,11H2,1-2H3. The van der Waals surface area contributed by atoms with Crippen LogP contribution in [-0.2, 0) is 17.1 Å². The number of aryl methyl sites for hydroxylation is 1. The number of hydrogen-bond donors (Lipinski definition) is 0. The molecule has 0 amide bonds. The molecule has 25 heavy (non-hydrogen) atoms. The van der Waals surface area contributed by atoms with Crippen LogP contribution in [0.1, 0.15) is 37.3 Å². The lowest BCUT2D eigenvalue weighted by atomic mass is 10.0. The van der Waals surface area contributed by atoms with Crippen LogP contribution in [0.25, 0.3) is 0 Å². The van der Waals surface area contributed by atoms with Crippen molar-refractivity contribution >= 4 is 21.6 Å². The van der Waals surface area contributed by atoms with Crippen LogP contribution in [0.2, 0.25) is 5.15 Å². The Morgan fingerprint density at radius 2 is 1.92 bits per heavy atom. The minimum Gasteiger partial charge on any atom is -0.497 e. The summed E-state index contributed by atoms with van der Waals surface area (Å²) in [7, 11) is -0.480. The lowest BCUT2D eigenvalue weighted by molar-refractivity contribution is 0.327. The third-order valence-corrected chi connectivity index (χ3v) is 6.99. The van der Waals surface area contributed by atoms with E-state index in [2.05, 4.69) is 4.98 Å². The molecule has 0 radical (unpaired) electrons. The summed E-state index contributed by atoms with van der Waals surface area (Å²) < 4.78 is 34.7. The number of benzene rings is 1. The van der Waals surface area contributed by atoms with Gasteiger partial charge in [-0.1, -0.05) is 36.6 Å². The van der Waals surface area contributed by atoms with Crippen molar-refractivity contribution in [3.05, 3.63) is 41.3 Å². The van der Waals surface area contributed by atoms with E-state index in [-0.39, 0.29) is 16.2 Å². The third-order valence-electron chi connectivity index (χ3n) is 4.59. The second-order valence-corrected chi connectivity index (χ2v) is 8.37. The Kier molecular flexibility index (Phi) is 5.36. The zero-order valence-corrected chi connectivity index (χ0v) is 15.9. The molecule has 1 unspecified atom stereocenters. The summed E-state index contributed by atoms with van der Waals surface area (Å²) >= 11 is 6.16. The van der Waals surface area contributed by atoms with Gasteiger partial charge in [-0.05, 0) is 30.5 Å². The molecule has 0 N–H and O–H groups in total. The van der Waals surface area contributed by atoms with Gasteiger partial charge in [-0.3, -0.25) is 0 Å². The number of rotatable bonds is 4. The van der Waals surface area contributed by atoms with Crippen molar-refractivity contribution in [1.29, 1.82) is 0 Å². The Bertz CT molecular complexity index is 833. The normalized spacial score (nSPS) is 19.6. The lowest BCUT2D eigenvalue weighted by Gasteiger charge is -2.29. The predicted octanol–water partition coefficient (Wildman–Crippen LogP) is 3.39. The predicted molar refractivity (Wildman–Crippen MR) is 96.3 cm³/mol. The highest BCUT2D eigenvalue weighted by Gasteiger charge is 2.36. The maximum Gasteiger partial charge on any atom is 0.264 e. The van der Waals surface area contributed by atoms with Crippen LogP contribution in [0.15, 0.2) is 35.6 Å². The summed E-state index contributed by atoms with van der Waals surface area (Å²) in [4.78, 5) is 4.03. The average molecular weight is 384 g/mol. The Morgan fingerprint density at radius 1 is 1.20 bits per heavy atom. The minimum absolute atomic E-state index is 0.0721. The number of ether oxygens (including phenoxy) is 1. The van der Waals surface area contributed by atoms with Gasteiger partial charge in [0.05, 0.1) is 19.5 Å². The van der Waals surface area contributed by atoms with Crippen molar-refractivity contribution in [2.45, 2.75) is 36.8 Å². The maximum absolute atomic E-state index is 13.2. The van der Waals surface area contributed by atoms with E-state index >= 15 is 0 Å². The van der Waals surface area contributed by atoms with E-state index in [1.807, 2.05) is 24.3 Å². The molecule has 6 nitrogen and oxygen atoms in total. The minimum atomic E-state index is -3.77. The summed E-state index contributed by atoms with van der Waals surface area (Å²) in [6, 6.07) is 7.35. The average Bonchev–Trinajstić information content (AvgIpc) is 2.82. The number of methoxy groups -OCH3 is 1. The number of halogens is 1. The summed E-state index contributed by atoms with van der Waals surface area (Å²) in [5.41, 5.74) is 0.957. The van der Waals surface area contributed by atoms with Gasteiger partial charge in [0.25, 0.3) is 10.0 Å². The highest BCUT2D eigenvalue weighted by Crippen LogP contribution is 2.36. The lowest BCUT2D eigenvalue weighted by Crippen LogP contribution is -2.35. The molecule has 0 bridgehead atoms. The van der Waals surface area contributed by atoms with Crippen LogP contribution < -0.4 is 4.74 Å². The fourth-order valence-electron chi connectivity index (χ4n) is 3.21. The molecule has 0 aliphatic carbocycles. The Labute approximate surface area is 153 Å². The SMILES string of the molecule is COc1ccc(C2CCCCCN2S(=O)(=O)c2ncn(C)c2Cl)cc1. The molecule has 3 rings (SSSR count). The smallest absolute Gasteiger partial charge is 0.264 e. The summed E-state index contributed by atoms with van der Waals surface area (Å²) in [6.07, 6.45) is 5.02. The first-order valence-electron chi connectivity index (χ1n) is 8.27. The highest BCUT2D eigenvalue weighted by molar-refractivity contribution is 7.89. The monoisotopic (exact) mass is 383 g/mol. The Morgan fingerprint density at radius 3 is 2.52 bits per heavy atom. The van der Waals surface area contributed by atoms with Gasteiger partial charge in [0.2, 0.25) is 5.03 Å². The van der Waals surface area contributed by atoms with E-state index in [0.29, 0.717) is 6.54 Å². The van der Waals surface area contributed by atoms with Gasteiger partial charge >= 0.3 is 0 Å². The van der Waals surface area contributed by atoms with Gasteiger partial charge in [-0.15, -0.1) is 0 Å². The van der Waals surface area contributed by atoms with Crippen LogP contribution in [0.4, 0.5) is 0 Å². The van der Waals surface area contributed by atoms with Crippen LogP contribution in [0.3, 0.4) is 0 Å². The zero-order chi connectivity index (χ0) is 18.0. The first kappa shape index (κ1) is 18.2. The molecule has 2 aromatic rings. The van der Waals surface area contributed by atoms with E-state index in [1.54, 1.807) is 18.5 Å². The van der Waals surface area contributed by atoms with Gasteiger partial charge in [0, 0.05) is 13.6 Å². The van der Waals surface area contributed by atoms with E-state index < -0.39 is 10.0 Å². The molecule has 1 atom stereocenters. The van der Waals surface area contributed by atoms with Gasteiger partial charge in [0.15, 0.2) is 0 Å². The molecule has 1 fully saturated rings. The van der Waals surface area contributed by atoms with Crippen LogP contribution in [0.5, 0.6) is 5.75 Å². The molecule has 136 valence electrons. The molecule has 1 aromatic heterocycles. The van der Waals surface area contributed by atoms with Crippen LogP contribution in [0, 0.1) is 0 Å². The quantitative estimate of drug-likeness (QED) is 0.811. The molecule has 8 heteroatoms. The zero-order valence-electron chi connectivity index (χ0n) is 14.4. The van der Waals surface area contributed by atoms with Gasteiger partial charge in [-0.25, -0.2) is 13.4 Å². The second kappa shape index (κ2) is 7.35. The number of sulfonamides is 1. The van der Waals surface area contributed by atoms with E-state index in [4.69, 9.17) is 16.3 Å². The van der Waals surface area contributed by atoms with Crippen molar-refractivity contribution in [3.63, 3.8) is 0 Å². The van der Waals surface area contributed by atoms with Gasteiger partial charge < -0.3 is 9.30 Å². The van der Waals surface area contributed by atoms with E-state index in [0.717, 1.165) is 37.0 Å².